The number of hydrazone groups is 1. The molecule has 1 aromatic heterocycles. The first kappa shape index (κ1) is 17.1. The topological polar surface area (TPSA) is 70.6 Å². The first-order chi connectivity index (χ1) is 12.0. The number of anilines is 1. The molecule has 0 radical (unpaired) electrons. The molecule has 3 rings (SSSR count). The third-order valence-corrected chi connectivity index (χ3v) is 5.03. The molecule has 0 aliphatic heterocycles. The minimum atomic E-state index is -0.350. The largest absolute Gasteiger partial charge is 0.326 e. The highest BCUT2D eigenvalue weighted by Crippen LogP contribution is 2.34. The lowest BCUT2D eigenvalue weighted by atomic mass is 10.2. The predicted molar refractivity (Wildman–Crippen MR) is 103 cm³/mol. The van der Waals surface area contributed by atoms with Gasteiger partial charge in [-0.1, -0.05) is 41.9 Å². The Hall–Kier alpha value is -2.70. The van der Waals surface area contributed by atoms with E-state index in [1.165, 1.54) is 24.5 Å². The van der Waals surface area contributed by atoms with Crippen LogP contribution >= 0.6 is 22.9 Å². The summed E-state index contributed by atoms with van der Waals surface area (Å²) in [6.07, 6.45) is 1.52. The summed E-state index contributed by atoms with van der Waals surface area (Å²) in [6.45, 7) is 1.45. The molecule has 25 heavy (non-hydrogen) atoms. The Morgan fingerprint density at radius 1 is 1.12 bits per heavy atom. The number of halogens is 1. The lowest BCUT2D eigenvalue weighted by Gasteiger charge is -2.01. The maximum absolute atomic E-state index is 12.3. The van der Waals surface area contributed by atoms with E-state index in [0.29, 0.717) is 15.6 Å². The van der Waals surface area contributed by atoms with E-state index in [1.54, 1.807) is 24.3 Å². The van der Waals surface area contributed by atoms with E-state index in [1.807, 2.05) is 24.3 Å². The van der Waals surface area contributed by atoms with E-state index in [-0.39, 0.29) is 11.8 Å². The van der Waals surface area contributed by atoms with Gasteiger partial charge in [0.1, 0.15) is 4.88 Å². The molecule has 2 N–H and O–H groups in total. The van der Waals surface area contributed by atoms with Crippen molar-refractivity contribution in [3.05, 3.63) is 64.0 Å². The van der Waals surface area contributed by atoms with Crippen molar-refractivity contribution < 1.29 is 9.59 Å². The van der Waals surface area contributed by atoms with Crippen molar-refractivity contribution in [1.29, 1.82) is 0 Å². The Morgan fingerprint density at radius 2 is 1.84 bits per heavy atom. The smallest absolute Gasteiger partial charge is 0.283 e. The average molecular weight is 372 g/mol. The molecule has 2 aromatic carbocycles. The molecule has 3 aromatic rings. The number of amides is 2. The molecule has 0 unspecified atom stereocenters. The molecule has 0 fully saturated rings. The van der Waals surface area contributed by atoms with Gasteiger partial charge in [0.05, 0.1) is 11.2 Å². The van der Waals surface area contributed by atoms with Crippen LogP contribution in [0, 0.1) is 0 Å². The van der Waals surface area contributed by atoms with E-state index in [4.69, 9.17) is 11.6 Å². The van der Waals surface area contributed by atoms with Gasteiger partial charge in [0, 0.05) is 22.7 Å². The quantitative estimate of drug-likeness (QED) is 0.531. The summed E-state index contributed by atoms with van der Waals surface area (Å²) in [5, 5.41) is 7.93. The third-order valence-electron chi connectivity index (χ3n) is 3.35. The molecule has 0 atom stereocenters. The van der Waals surface area contributed by atoms with Gasteiger partial charge in [0.15, 0.2) is 0 Å². The van der Waals surface area contributed by atoms with Crippen molar-refractivity contribution >= 4 is 56.7 Å². The van der Waals surface area contributed by atoms with Crippen LogP contribution in [0.5, 0.6) is 0 Å². The van der Waals surface area contributed by atoms with Gasteiger partial charge in [-0.3, -0.25) is 9.59 Å². The predicted octanol–water partition coefficient (Wildman–Crippen LogP) is 4.28. The van der Waals surface area contributed by atoms with Gasteiger partial charge in [-0.05, 0) is 23.8 Å². The monoisotopic (exact) mass is 371 g/mol. The molecule has 0 saturated carbocycles. The Bertz CT molecular complexity index is 964. The molecule has 7 heteroatoms. The van der Waals surface area contributed by atoms with Crippen LogP contribution < -0.4 is 10.7 Å². The van der Waals surface area contributed by atoms with E-state index in [2.05, 4.69) is 15.8 Å². The molecule has 0 spiro atoms. The molecular weight excluding hydrogens is 358 g/mol. The summed E-state index contributed by atoms with van der Waals surface area (Å²) in [5.41, 5.74) is 3.97. The summed E-state index contributed by atoms with van der Waals surface area (Å²) in [5.74, 6) is -0.480. The van der Waals surface area contributed by atoms with Crippen molar-refractivity contribution in [2.24, 2.45) is 5.10 Å². The van der Waals surface area contributed by atoms with Crippen LogP contribution in [-0.2, 0) is 4.79 Å². The zero-order valence-corrected chi connectivity index (χ0v) is 14.8. The number of hydrogen-bond donors (Lipinski definition) is 2. The minimum absolute atomic E-state index is 0.131. The number of benzene rings is 2. The Morgan fingerprint density at radius 3 is 2.52 bits per heavy atom. The summed E-state index contributed by atoms with van der Waals surface area (Å²) < 4.78 is 0.954. The molecular formula is C18H14ClN3O2S. The summed E-state index contributed by atoms with van der Waals surface area (Å²) >= 11 is 7.60. The molecule has 0 aliphatic rings. The number of fused-ring (bicyclic) bond motifs is 1. The van der Waals surface area contributed by atoms with Crippen molar-refractivity contribution in [3.63, 3.8) is 0 Å². The first-order valence-corrected chi connectivity index (χ1v) is 8.62. The van der Waals surface area contributed by atoms with E-state index < -0.39 is 0 Å². The molecule has 0 bridgehead atoms. The summed E-state index contributed by atoms with van der Waals surface area (Å²) in [6, 6.07) is 14.7. The number of carbonyl (C=O) groups is 2. The molecule has 0 saturated heterocycles. The van der Waals surface area contributed by atoms with Crippen LogP contribution in [-0.4, -0.2) is 18.0 Å². The van der Waals surface area contributed by atoms with Crippen molar-refractivity contribution in [1.82, 2.24) is 5.43 Å². The lowest BCUT2D eigenvalue weighted by Crippen LogP contribution is -2.16. The van der Waals surface area contributed by atoms with Crippen molar-refractivity contribution in [3.8, 4) is 0 Å². The zero-order chi connectivity index (χ0) is 17.8. The Labute approximate surface area is 153 Å². The second-order valence-corrected chi connectivity index (χ2v) is 6.67. The maximum atomic E-state index is 12.3. The van der Waals surface area contributed by atoms with Gasteiger partial charge < -0.3 is 5.32 Å². The SMILES string of the molecule is CC(=O)Nc1ccc(/C=N\NC(=O)c2sc3ccccc3c2Cl)cc1. The van der Waals surface area contributed by atoms with Crippen molar-refractivity contribution in [2.45, 2.75) is 6.92 Å². The Kier molecular flexibility index (Phi) is 5.11. The van der Waals surface area contributed by atoms with Crippen LogP contribution in [0.25, 0.3) is 10.1 Å². The Balaban J connectivity index is 1.67. The van der Waals surface area contributed by atoms with Crippen molar-refractivity contribution in [2.75, 3.05) is 5.32 Å². The fourth-order valence-electron chi connectivity index (χ4n) is 2.23. The second kappa shape index (κ2) is 7.46. The fourth-order valence-corrected chi connectivity index (χ4v) is 3.64. The third kappa shape index (κ3) is 4.04. The number of hydrogen-bond acceptors (Lipinski definition) is 4. The van der Waals surface area contributed by atoms with Crippen LogP contribution in [0.15, 0.2) is 53.6 Å². The number of carbonyl (C=O) groups excluding carboxylic acids is 2. The number of thiophene rings is 1. The molecule has 1 heterocycles. The van der Waals surface area contributed by atoms with E-state index in [0.717, 1.165) is 15.6 Å². The van der Waals surface area contributed by atoms with Gasteiger partial charge in [-0.2, -0.15) is 5.10 Å². The summed E-state index contributed by atoms with van der Waals surface area (Å²) in [7, 11) is 0. The number of rotatable bonds is 4. The fraction of sp³-hybridized carbons (Fsp3) is 0.0556. The molecule has 126 valence electrons. The number of nitrogens with zero attached hydrogens (tertiary/aromatic N) is 1. The maximum Gasteiger partial charge on any atom is 0.283 e. The number of nitrogens with one attached hydrogen (secondary N) is 2. The van der Waals surface area contributed by atoms with Crippen LogP contribution in [0.2, 0.25) is 5.02 Å². The average Bonchev–Trinajstić information content (AvgIpc) is 2.93. The second-order valence-electron chi connectivity index (χ2n) is 5.24. The van der Waals surface area contributed by atoms with Gasteiger partial charge in [-0.15, -0.1) is 11.3 Å². The zero-order valence-electron chi connectivity index (χ0n) is 13.2. The summed E-state index contributed by atoms with van der Waals surface area (Å²) in [4.78, 5) is 23.7. The van der Waals surface area contributed by atoms with Gasteiger partial charge >= 0.3 is 0 Å². The van der Waals surface area contributed by atoms with Gasteiger partial charge in [-0.25, -0.2) is 5.43 Å². The minimum Gasteiger partial charge on any atom is -0.326 e. The normalized spacial score (nSPS) is 11.0. The van der Waals surface area contributed by atoms with Crippen LogP contribution in [0.4, 0.5) is 5.69 Å². The lowest BCUT2D eigenvalue weighted by molar-refractivity contribution is -0.114. The molecule has 2 amide bonds. The van der Waals surface area contributed by atoms with Crippen LogP contribution in [0.3, 0.4) is 0 Å². The van der Waals surface area contributed by atoms with Gasteiger partial charge in [0.2, 0.25) is 5.91 Å². The highest BCUT2D eigenvalue weighted by atomic mass is 35.5. The van der Waals surface area contributed by atoms with Crippen LogP contribution in [0.1, 0.15) is 22.2 Å². The van der Waals surface area contributed by atoms with E-state index in [9.17, 15) is 9.59 Å². The van der Waals surface area contributed by atoms with Gasteiger partial charge in [0.25, 0.3) is 5.91 Å². The van der Waals surface area contributed by atoms with E-state index >= 15 is 0 Å². The highest BCUT2D eigenvalue weighted by Gasteiger charge is 2.16. The molecule has 5 nitrogen and oxygen atoms in total. The highest BCUT2D eigenvalue weighted by molar-refractivity contribution is 7.21. The standard InChI is InChI=1S/C18H14ClN3O2S/c1-11(23)21-13-8-6-12(7-9-13)10-20-22-18(24)17-16(19)14-4-2-3-5-15(14)25-17/h2-10H,1H3,(H,21,23)(H,22,24)/b20-10-. The molecule has 0 aliphatic carbocycles. The first-order valence-electron chi connectivity index (χ1n) is 7.42.